The SMILES string of the molecule is NC1C(OC2CCCC(O)C2)O[C@H](CNCCCC2=CCCC=C2)C(O)[C@@H]1O. The molecule has 5 unspecified atom stereocenters. The first-order valence-corrected chi connectivity index (χ1v) is 10.7. The number of aliphatic hydroxyl groups excluding tert-OH is 3. The fourth-order valence-corrected chi connectivity index (χ4v) is 4.19. The van der Waals surface area contributed by atoms with E-state index in [4.69, 9.17) is 15.2 Å². The van der Waals surface area contributed by atoms with Crippen molar-refractivity contribution in [2.45, 2.75) is 94.2 Å². The number of hydrogen-bond acceptors (Lipinski definition) is 7. The Balaban J connectivity index is 1.42. The van der Waals surface area contributed by atoms with Crippen molar-refractivity contribution in [2.75, 3.05) is 13.1 Å². The van der Waals surface area contributed by atoms with Gasteiger partial charge < -0.3 is 35.8 Å². The van der Waals surface area contributed by atoms with Crippen LogP contribution in [0.1, 0.15) is 51.4 Å². The molecule has 0 radical (unpaired) electrons. The van der Waals surface area contributed by atoms with E-state index in [1.807, 2.05) is 0 Å². The second-order valence-corrected chi connectivity index (χ2v) is 8.25. The van der Waals surface area contributed by atoms with E-state index in [9.17, 15) is 15.3 Å². The topological polar surface area (TPSA) is 117 Å². The number of aliphatic hydroxyl groups is 3. The molecule has 7 nitrogen and oxygen atoms in total. The minimum atomic E-state index is -1.10. The molecule has 0 aromatic carbocycles. The lowest BCUT2D eigenvalue weighted by Gasteiger charge is -2.43. The molecule has 1 saturated carbocycles. The number of hydrogen-bond donors (Lipinski definition) is 5. The van der Waals surface area contributed by atoms with Crippen LogP contribution >= 0.6 is 0 Å². The van der Waals surface area contributed by atoms with Gasteiger partial charge in [0, 0.05) is 6.54 Å². The van der Waals surface area contributed by atoms with Crippen LogP contribution < -0.4 is 11.1 Å². The highest BCUT2D eigenvalue weighted by Crippen LogP contribution is 2.27. The molecule has 1 aliphatic heterocycles. The molecule has 28 heavy (non-hydrogen) atoms. The average molecular weight is 397 g/mol. The van der Waals surface area contributed by atoms with Gasteiger partial charge in [0.1, 0.15) is 18.3 Å². The van der Waals surface area contributed by atoms with E-state index in [0.717, 1.165) is 51.5 Å². The lowest BCUT2D eigenvalue weighted by atomic mass is 9.94. The third kappa shape index (κ3) is 6.10. The van der Waals surface area contributed by atoms with Gasteiger partial charge in [-0.1, -0.05) is 23.8 Å². The standard InChI is InChI=1S/C21H36N2O5/c22-18-20(26)19(25)17(13-23-11-5-8-14-6-2-1-3-7-14)28-21(18)27-16-10-4-9-15(24)12-16/h2,6-7,15-21,23-26H,1,3-5,8-13,22H2/t15?,16?,17-,18?,19?,20-,21?/m1/s1. The van der Waals surface area contributed by atoms with Gasteiger partial charge in [-0.15, -0.1) is 0 Å². The van der Waals surface area contributed by atoms with Crippen molar-refractivity contribution < 1.29 is 24.8 Å². The van der Waals surface area contributed by atoms with E-state index in [1.54, 1.807) is 0 Å². The summed E-state index contributed by atoms with van der Waals surface area (Å²) < 4.78 is 11.8. The first kappa shape index (κ1) is 21.9. The second kappa shape index (κ2) is 10.8. The van der Waals surface area contributed by atoms with Crippen molar-refractivity contribution in [1.29, 1.82) is 0 Å². The summed E-state index contributed by atoms with van der Waals surface area (Å²) in [5.74, 6) is 0. The van der Waals surface area contributed by atoms with Crippen LogP contribution in [0.25, 0.3) is 0 Å². The van der Waals surface area contributed by atoms with Gasteiger partial charge >= 0.3 is 0 Å². The molecular weight excluding hydrogens is 360 g/mol. The van der Waals surface area contributed by atoms with Crippen molar-refractivity contribution in [2.24, 2.45) is 5.73 Å². The molecule has 7 atom stereocenters. The average Bonchev–Trinajstić information content (AvgIpc) is 2.70. The van der Waals surface area contributed by atoms with Crippen molar-refractivity contribution in [3.63, 3.8) is 0 Å². The monoisotopic (exact) mass is 396 g/mol. The maximum Gasteiger partial charge on any atom is 0.176 e. The third-order valence-corrected chi connectivity index (χ3v) is 5.91. The van der Waals surface area contributed by atoms with Crippen LogP contribution in [0.15, 0.2) is 23.8 Å². The highest BCUT2D eigenvalue weighted by Gasteiger charge is 2.44. The lowest BCUT2D eigenvalue weighted by molar-refractivity contribution is -0.275. The summed E-state index contributed by atoms with van der Waals surface area (Å²) in [4.78, 5) is 0. The fraction of sp³-hybridized carbons (Fsp3) is 0.810. The molecule has 1 saturated heterocycles. The fourth-order valence-electron chi connectivity index (χ4n) is 4.19. The molecule has 0 bridgehead atoms. The first-order chi connectivity index (χ1) is 13.5. The van der Waals surface area contributed by atoms with Gasteiger partial charge in [-0.2, -0.15) is 0 Å². The Morgan fingerprint density at radius 3 is 2.79 bits per heavy atom. The Kier molecular flexibility index (Phi) is 8.47. The number of allylic oxidation sites excluding steroid dienone is 4. The number of rotatable bonds is 8. The summed E-state index contributed by atoms with van der Waals surface area (Å²) in [5.41, 5.74) is 7.41. The molecule has 0 aromatic rings. The summed E-state index contributed by atoms with van der Waals surface area (Å²) in [6, 6.07) is -0.810. The van der Waals surface area contributed by atoms with Crippen molar-refractivity contribution in [3.05, 3.63) is 23.8 Å². The van der Waals surface area contributed by atoms with E-state index in [2.05, 4.69) is 23.5 Å². The van der Waals surface area contributed by atoms with Crippen molar-refractivity contribution in [3.8, 4) is 0 Å². The van der Waals surface area contributed by atoms with Gasteiger partial charge in [0.2, 0.25) is 0 Å². The van der Waals surface area contributed by atoms with Crippen LogP contribution in [0.5, 0.6) is 0 Å². The minimum Gasteiger partial charge on any atom is -0.393 e. The molecular formula is C21H36N2O5. The predicted molar refractivity (Wildman–Crippen MR) is 107 cm³/mol. The molecule has 3 rings (SSSR count). The molecule has 2 fully saturated rings. The van der Waals surface area contributed by atoms with Gasteiger partial charge in [-0.05, 0) is 57.9 Å². The Hall–Kier alpha value is -0.800. The Morgan fingerprint density at radius 2 is 2.04 bits per heavy atom. The summed E-state index contributed by atoms with van der Waals surface area (Å²) in [7, 11) is 0. The molecule has 0 amide bonds. The molecule has 6 N–H and O–H groups in total. The number of nitrogens with two attached hydrogens (primary N) is 1. The minimum absolute atomic E-state index is 0.132. The van der Waals surface area contributed by atoms with E-state index in [-0.39, 0.29) is 12.2 Å². The van der Waals surface area contributed by atoms with E-state index in [0.29, 0.717) is 13.0 Å². The maximum atomic E-state index is 10.3. The normalized spacial score (nSPS) is 39.0. The number of ether oxygens (including phenoxy) is 2. The molecule has 1 heterocycles. The van der Waals surface area contributed by atoms with E-state index >= 15 is 0 Å². The van der Waals surface area contributed by atoms with E-state index in [1.165, 1.54) is 5.57 Å². The summed E-state index contributed by atoms with van der Waals surface area (Å²) in [5, 5.41) is 33.8. The van der Waals surface area contributed by atoms with Crippen molar-refractivity contribution in [1.82, 2.24) is 5.32 Å². The van der Waals surface area contributed by atoms with Gasteiger partial charge in [-0.25, -0.2) is 0 Å². The van der Waals surface area contributed by atoms with Gasteiger partial charge in [0.05, 0.1) is 18.2 Å². The molecule has 2 aliphatic carbocycles. The largest absolute Gasteiger partial charge is 0.393 e. The zero-order valence-electron chi connectivity index (χ0n) is 16.6. The first-order valence-electron chi connectivity index (χ1n) is 10.7. The quantitative estimate of drug-likeness (QED) is 0.384. The summed E-state index contributed by atoms with van der Waals surface area (Å²) in [6.45, 7) is 1.23. The van der Waals surface area contributed by atoms with E-state index < -0.39 is 30.6 Å². The van der Waals surface area contributed by atoms with Crippen molar-refractivity contribution >= 4 is 0 Å². The maximum absolute atomic E-state index is 10.3. The van der Waals surface area contributed by atoms with Crippen LogP contribution in [0.4, 0.5) is 0 Å². The van der Waals surface area contributed by atoms with Gasteiger partial charge in [0.25, 0.3) is 0 Å². The Morgan fingerprint density at radius 1 is 1.18 bits per heavy atom. The van der Waals surface area contributed by atoms with Gasteiger partial charge in [0.15, 0.2) is 6.29 Å². The zero-order valence-corrected chi connectivity index (χ0v) is 16.6. The number of nitrogens with one attached hydrogen (secondary N) is 1. The highest BCUT2D eigenvalue weighted by atomic mass is 16.7. The lowest BCUT2D eigenvalue weighted by Crippen LogP contribution is -2.64. The van der Waals surface area contributed by atoms with Crippen LogP contribution in [0.2, 0.25) is 0 Å². The van der Waals surface area contributed by atoms with Crippen LogP contribution in [-0.4, -0.2) is 71.3 Å². The molecule has 3 aliphatic rings. The zero-order chi connectivity index (χ0) is 19.9. The Bertz CT molecular complexity index is 541. The molecule has 0 aromatic heterocycles. The smallest absolute Gasteiger partial charge is 0.176 e. The molecule has 7 heteroatoms. The third-order valence-electron chi connectivity index (χ3n) is 5.91. The second-order valence-electron chi connectivity index (χ2n) is 8.25. The summed E-state index contributed by atoms with van der Waals surface area (Å²) >= 11 is 0. The van der Waals surface area contributed by atoms with Crippen LogP contribution in [-0.2, 0) is 9.47 Å². The molecule has 160 valence electrons. The van der Waals surface area contributed by atoms with Gasteiger partial charge in [-0.3, -0.25) is 0 Å². The predicted octanol–water partition coefficient (Wildman–Crippen LogP) is 0.727. The summed E-state index contributed by atoms with van der Waals surface area (Å²) in [6.07, 6.45) is 10.1. The Labute approximate surface area is 167 Å². The van der Waals surface area contributed by atoms with Crippen LogP contribution in [0.3, 0.4) is 0 Å². The highest BCUT2D eigenvalue weighted by molar-refractivity contribution is 5.21. The molecule has 0 spiro atoms. The van der Waals surface area contributed by atoms with Crippen LogP contribution in [0, 0.1) is 0 Å².